The van der Waals surface area contributed by atoms with Gasteiger partial charge in [-0.3, -0.25) is 4.79 Å². The van der Waals surface area contributed by atoms with Crippen molar-refractivity contribution < 1.29 is 19.0 Å². The lowest BCUT2D eigenvalue weighted by Crippen LogP contribution is -2.37. The Bertz CT molecular complexity index is 1510. The van der Waals surface area contributed by atoms with Crippen LogP contribution < -0.4 is 20.5 Å². The molecule has 0 aliphatic carbocycles. The fourth-order valence-corrected chi connectivity index (χ4v) is 6.59. The van der Waals surface area contributed by atoms with Gasteiger partial charge in [-0.25, -0.2) is 4.79 Å². The third-order valence-corrected chi connectivity index (χ3v) is 8.68. The van der Waals surface area contributed by atoms with E-state index in [4.69, 9.17) is 14.2 Å². The van der Waals surface area contributed by atoms with Gasteiger partial charge < -0.3 is 34.3 Å². The van der Waals surface area contributed by atoms with Crippen LogP contribution in [-0.2, 0) is 9.47 Å². The minimum absolute atomic E-state index is 0.140. The third kappa shape index (κ3) is 6.55. The van der Waals surface area contributed by atoms with E-state index >= 15 is 0 Å². The molecule has 1 aromatic heterocycles. The molecule has 0 spiro atoms. The van der Waals surface area contributed by atoms with Crippen LogP contribution in [0, 0.1) is 0 Å². The molecule has 9 nitrogen and oxygen atoms in total. The molecule has 3 aliphatic rings. The highest BCUT2D eigenvalue weighted by molar-refractivity contribution is 7.99. The Balaban J connectivity index is 1.16. The van der Waals surface area contributed by atoms with Gasteiger partial charge in [0, 0.05) is 55.2 Å². The second-order valence-electron chi connectivity index (χ2n) is 12.0. The van der Waals surface area contributed by atoms with Crippen molar-refractivity contribution in [2.75, 3.05) is 49.6 Å². The zero-order valence-corrected chi connectivity index (χ0v) is 25.2. The van der Waals surface area contributed by atoms with Gasteiger partial charge in [0.25, 0.3) is 0 Å². The number of aromatic amines is 1. The number of ether oxygens (including phenoxy) is 3. The van der Waals surface area contributed by atoms with Crippen LogP contribution in [0.25, 0.3) is 11.3 Å². The molecule has 10 heteroatoms. The molecule has 2 fully saturated rings. The number of carbonyl (C=O) groups is 1. The van der Waals surface area contributed by atoms with Crippen molar-refractivity contribution in [3.63, 3.8) is 0 Å². The number of benzene rings is 2. The van der Waals surface area contributed by atoms with E-state index in [0.29, 0.717) is 26.3 Å². The molecule has 4 heterocycles. The van der Waals surface area contributed by atoms with E-state index in [9.17, 15) is 9.59 Å². The number of likely N-dealkylation sites (tertiary alicyclic amines) is 1. The Morgan fingerprint density at radius 2 is 1.86 bits per heavy atom. The van der Waals surface area contributed by atoms with Crippen LogP contribution in [-0.4, -0.2) is 67.0 Å². The molecule has 2 aromatic carbocycles. The molecule has 42 heavy (non-hydrogen) atoms. The van der Waals surface area contributed by atoms with Crippen LogP contribution in [0.1, 0.15) is 40.0 Å². The average molecular weight is 591 g/mol. The minimum Gasteiger partial charge on any atom is -0.454 e. The summed E-state index contributed by atoms with van der Waals surface area (Å²) in [4.78, 5) is 34.2. The van der Waals surface area contributed by atoms with E-state index in [1.165, 1.54) is 0 Å². The van der Waals surface area contributed by atoms with Crippen molar-refractivity contribution in [1.29, 1.82) is 0 Å². The van der Waals surface area contributed by atoms with Gasteiger partial charge in [0.15, 0.2) is 5.75 Å². The molecule has 3 aliphatic heterocycles. The van der Waals surface area contributed by atoms with E-state index in [1.807, 2.05) is 62.1 Å². The lowest BCUT2D eigenvalue weighted by Gasteiger charge is -2.29. The molecule has 2 saturated heterocycles. The van der Waals surface area contributed by atoms with E-state index in [0.717, 1.165) is 76.3 Å². The highest BCUT2D eigenvalue weighted by Crippen LogP contribution is 2.51. The van der Waals surface area contributed by atoms with Crippen molar-refractivity contribution >= 4 is 29.2 Å². The molecule has 2 N–H and O–H groups in total. The predicted octanol–water partition coefficient (Wildman–Crippen LogP) is 6.34. The SMILES string of the molecule is CC(C)(C)OC(=O)N1CCCC(Nc2ccc3c(c2)Sc2cccc(-c4cc(N5CCOCC5)cc(=O)[nH]4)c2O3)CC1. The smallest absolute Gasteiger partial charge is 0.410 e. The molecule has 6 rings (SSSR count). The Labute approximate surface area is 250 Å². The normalized spacial score (nSPS) is 18.8. The van der Waals surface area contributed by atoms with Gasteiger partial charge in [-0.1, -0.05) is 17.8 Å². The molecule has 3 aromatic rings. The molecular weight excluding hydrogens is 552 g/mol. The summed E-state index contributed by atoms with van der Waals surface area (Å²) >= 11 is 1.66. The van der Waals surface area contributed by atoms with Crippen molar-refractivity contribution in [1.82, 2.24) is 9.88 Å². The molecule has 1 atom stereocenters. The Morgan fingerprint density at radius 1 is 1.02 bits per heavy atom. The molecule has 0 saturated carbocycles. The van der Waals surface area contributed by atoms with Gasteiger partial charge in [0.05, 0.1) is 28.7 Å². The molecule has 1 amide bonds. The Hall–Kier alpha value is -3.63. The number of hydrogen-bond donors (Lipinski definition) is 2. The number of fused-ring (bicyclic) bond motifs is 2. The van der Waals surface area contributed by atoms with Gasteiger partial charge in [-0.15, -0.1) is 0 Å². The van der Waals surface area contributed by atoms with Gasteiger partial charge in [0.2, 0.25) is 5.56 Å². The van der Waals surface area contributed by atoms with Crippen molar-refractivity contribution in [3.8, 4) is 22.8 Å². The number of pyridine rings is 1. The highest BCUT2D eigenvalue weighted by atomic mass is 32.2. The number of H-pyrrole nitrogens is 1. The van der Waals surface area contributed by atoms with Crippen LogP contribution in [0.3, 0.4) is 0 Å². The highest BCUT2D eigenvalue weighted by Gasteiger charge is 2.26. The van der Waals surface area contributed by atoms with E-state index < -0.39 is 5.60 Å². The fraction of sp³-hybridized carbons (Fsp3) is 0.438. The first kappa shape index (κ1) is 28.5. The summed E-state index contributed by atoms with van der Waals surface area (Å²) in [5.41, 5.74) is 2.88. The largest absolute Gasteiger partial charge is 0.454 e. The molecular formula is C32H38N4O5S. The molecule has 222 valence electrons. The number of hydrogen-bond acceptors (Lipinski definition) is 8. The van der Waals surface area contributed by atoms with Gasteiger partial charge in [-0.2, -0.15) is 0 Å². The van der Waals surface area contributed by atoms with Crippen LogP contribution in [0.2, 0.25) is 0 Å². The first-order valence-corrected chi connectivity index (χ1v) is 15.5. The van der Waals surface area contributed by atoms with E-state index in [-0.39, 0.29) is 17.7 Å². The minimum atomic E-state index is -0.493. The maximum absolute atomic E-state index is 12.6. The summed E-state index contributed by atoms with van der Waals surface area (Å²) in [6.45, 7) is 9.90. The molecule has 0 bridgehead atoms. The number of aromatic nitrogens is 1. The van der Waals surface area contributed by atoms with Crippen molar-refractivity contribution in [2.45, 2.75) is 61.5 Å². The summed E-state index contributed by atoms with van der Waals surface area (Å²) in [6, 6.07) is 16.1. The summed E-state index contributed by atoms with van der Waals surface area (Å²) in [5.74, 6) is 1.53. The summed E-state index contributed by atoms with van der Waals surface area (Å²) < 4.78 is 17.5. The topological polar surface area (TPSA) is 96.1 Å². The Morgan fingerprint density at radius 3 is 2.67 bits per heavy atom. The number of nitrogens with one attached hydrogen (secondary N) is 2. The number of nitrogens with zero attached hydrogens (tertiary/aromatic N) is 2. The lowest BCUT2D eigenvalue weighted by atomic mass is 10.1. The zero-order chi connectivity index (χ0) is 29.3. The monoisotopic (exact) mass is 590 g/mol. The van der Waals surface area contributed by atoms with Crippen LogP contribution in [0.4, 0.5) is 16.2 Å². The lowest BCUT2D eigenvalue weighted by molar-refractivity contribution is 0.0256. The predicted molar refractivity (Wildman–Crippen MR) is 165 cm³/mol. The number of rotatable bonds is 4. The second-order valence-corrected chi connectivity index (χ2v) is 13.0. The molecule has 1 unspecified atom stereocenters. The van der Waals surface area contributed by atoms with Crippen molar-refractivity contribution in [3.05, 3.63) is 58.9 Å². The number of para-hydroxylation sites is 1. The number of amides is 1. The Kier molecular flexibility index (Phi) is 8.09. The summed E-state index contributed by atoms with van der Waals surface area (Å²) in [7, 11) is 0. The van der Waals surface area contributed by atoms with Crippen LogP contribution >= 0.6 is 11.8 Å². The standard InChI is InChI=1S/C32H38N4O5S/c1-32(2,3)41-31(38)36-12-5-6-21(11-13-36)33-22-9-10-26-28(18-22)42-27-8-4-7-24(30(27)40-26)25-19-23(20-29(37)34-25)35-14-16-39-17-15-35/h4,7-10,18-21,33H,5-6,11-17H2,1-3H3,(H,34,37). The summed E-state index contributed by atoms with van der Waals surface area (Å²) in [5, 5.41) is 3.68. The van der Waals surface area contributed by atoms with E-state index in [1.54, 1.807) is 17.8 Å². The maximum atomic E-state index is 12.6. The quantitative estimate of drug-likeness (QED) is 0.284. The van der Waals surface area contributed by atoms with Crippen molar-refractivity contribution in [2.24, 2.45) is 0 Å². The van der Waals surface area contributed by atoms with Gasteiger partial charge in [0.1, 0.15) is 11.4 Å². The third-order valence-electron chi connectivity index (χ3n) is 7.60. The first-order valence-electron chi connectivity index (χ1n) is 14.7. The number of morpholine rings is 1. The van der Waals surface area contributed by atoms with Gasteiger partial charge >= 0.3 is 6.09 Å². The number of carbonyl (C=O) groups excluding carboxylic acids is 1. The average Bonchev–Trinajstić information content (AvgIpc) is 3.21. The summed E-state index contributed by atoms with van der Waals surface area (Å²) in [6.07, 6.45) is 2.52. The van der Waals surface area contributed by atoms with Gasteiger partial charge in [-0.05, 0) is 76.4 Å². The fourth-order valence-electron chi connectivity index (χ4n) is 5.57. The van der Waals surface area contributed by atoms with Crippen LogP contribution in [0.15, 0.2) is 63.1 Å². The second kappa shape index (κ2) is 11.9. The number of anilines is 2. The van der Waals surface area contributed by atoms with E-state index in [2.05, 4.69) is 21.3 Å². The first-order chi connectivity index (χ1) is 20.2. The maximum Gasteiger partial charge on any atom is 0.410 e. The van der Waals surface area contributed by atoms with Crippen LogP contribution in [0.5, 0.6) is 11.5 Å². The molecule has 0 radical (unpaired) electrons. The zero-order valence-electron chi connectivity index (χ0n) is 24.4.